The molecule has 0 atom stereocenters. The van der Waals surface area contributed by atoms with Crippen LogP contribution in [0.5, 0.6) is 5.75 Å². The molecule has 0 aromatic heterocycles. The van der Waals surface area contributed by atoms with Crippen LogP contribution in [0.25, 0.3) is 0 Å². The predicted molar refractivity (Wildman–Crippen MR) is 82.7 cm³/mol. The van der Waals surface area contributed by atoms with Crippen LogP contribution in [0.1, 0.15) is 11.1 Å². The smallest absolute Gasteiger partial charge is 0.273 e. The standard InChI is InChI=1S/C16H18N2O4/c19-9-10-22-16-8-4-2-6-14(16)12-17-11-13-5-1-3-7-15(13)18(20)21/h1-8,17,19H,9-12H2. The van der Waals surface area contributed by atoms with Crippen molar-refractivity contribution in [3.05, 3.63) is 69.8 Å². The lowest BCUT2D eigenvalue weighted by atomic mass is 10.1. The maximum atomic E-state index is 11.0. The first-order valence-electron chi connectivity index (χ1n) is 6.97. The minimum absolute atomic E-state index is 0.0437. The Labute approximate surface area is 128 Å². The Morgan fingerprint density at radius 2 is 1.68 bits per heavy atom. The third-order valence-electron chi connectivity index (χ3n) is 3.14. The SMILES string of the molecule is O=[N+]([O-])c1ccccc1CNCc1ccccc1OCCO. The van der Waals surface area contributed by atoms with Gasteiger partial charge in [0, 0.05) is 30.3 Å². The second-order valence-corrected chi connectivity index (χ2v) is 4.67. The molecule has 0 aliphatic heterocycles. The molecule has 2 aromatic carbocycles. The summed E-state index contributed by atoms with van der Waals surface area (Å²) in [7, 11) is 0. The molecule has 0 saturated heterocycles. The van der Waals surface area contributed by atoms with Gasteiger partial charge in [0.05, 0.1) is 11.5 Å². The van der Waals surface area contributed by atoms with Crippen LogP contribution in [-0.2, 0) is 13.1 Å². The summed E-state index contributed by atoms with van der Waals surface area (Å²) < 4.78 is 5.45. The molecule has 0 saturated carbocycles. The molecule has 0 bridgehead atoms. The number of hydrogen-bond donors (Lipinski definition) is 2. The summed E-state index contributed by atoms with van der Waals surface area (Å²) >= 11 is 0. The van der Waals surface area contributed by atoms with E-state index >= 15 is 0 Å². The van der Waals surface area contributed by atoms with Crippen molar-refractivity contribution >= 4 is 5.69 Å². The molecule has 0 amide bonds. The number of hydrogen-bond acceptors (Lipinski definition) is 5. The topological polar surface area (TPSA) is 84.6 Å². The van der Waals surface area contributed by atoms with Crippen molar-refractivity contribution in [2.24, 2.45) is 0 Å². The highest BCUT2D eigenvalue weighted by atomic mass is 16.6. The van der Waals surface area contributed by atoms with E-state index in [0.717, 1.165) is 5.56 Å². The van der Waals surface area contributed by atoms with Gasteiger partial charge < -0.3 is 15.2 Å². The number of nitrogens with one attached hydrogen (secondary N) is 1. The van der Waals surface area contributed by atoms with E-state index < -0.39 is 0 Å². The normalized spacial score (nSPS) is 10.4. The summed E-state index contributed by atoms with van der Waals surface area (Å²) in [6.07, 6.45) is 0. The number of nitro groups is 1. The highest BCUT2D eigenvalue weighted by Crippen LogP contribution is 2.19. The van der Waals surface area contributed by atoms with Crippen LogP contribution >= 0.6 is 0 Å². The van der Waals surface area contributed by atoms with E-state index in [2.05, 4.69) is 5.32 Å². The monoisotopic (exact) mass is 302 g/mol. The zero-order valence-electron chi connectivity index (χ0n) is 12.1. The molecule has 22 heavy (non-hydrogen) atoms. The summed E-state index contributed by atoms with van der Waals surface area (Å²) in [5.74, 6) is 0.701. The molecular weight excluding hydrogens is 284 g/mol. The quantitative estimate of drug-likeness (QED) is 0.577. The van der Waals surface area contributed by atoms with Gasteiger partial charge in [0.15, 0.2) is 0 Å². The van der Waals surface area contributed by atoms with Crippen LogP contribution < -0.4 is 10.1 Å². The maximum absolute atomic E-state index is 11.0. The van der Waals surface area contributed by atoms with Crippen molar-refractivity contribution in [3.63, 3.8) is 0 Å². The van der Waals surface area contributed by atoms with Gasteiger partial charge in [-0.2, -0.15) is 0 Å². The van der Waals surface area contributed by atoms with E-state index in [4.69, 9.17) is 9.84 Å². The molecule has 0 fully saturated rings. The van der Waals surface area contributed by atoms with Crippen LogP contribution in [0.2, 0.25) is 0 Å². The van der Waals surface area contributed by atoms with Gasteiger partial charge in [-0.3, -0.25) is 10.1 Å². The van der Waals surface area contributed by atoms with Gasteiger partial charge in [0.1, 0.15) is 12.4 Å². The van der Waals surface area contributed by atoms with Crippen molar-refractivity contribution in [3.8, 4) is 5.75 Å². The van der Waals surface area contributed by atoms with E-state index in [-0.39, 0.29) is 23.8 Å². The average Bonchev–Trinajstić information content (AvgIpc) is 2.54. The first-order chi connectivity index (χ1) is 10.7. The van der Waals surface area contributed by atoms with Crippen LogP contribution in [-0.4, -0.2) is 23.2 Å². The second kappa shape index (κ2) is 8.11. The molecule has 116 valence electrons. The number of nitrogens with zero attached hydrogens (tertiary/aromatic N) is 1. The van der Waals surface area contributed by atoms with Crippen LogP contribution in [0, 0.1) is 10.1 Å². The minimum atomic E-state index is -0.380. The summed E-state index contributed by atoms with van der Waals surface area (Å²) in [6.45, 7) is 1.11. The molecular formula is C16H18N2O4. The average molecular weight is 302 g/mol. The second-order valence-electron chi connectivity index (χ2n) is 4.67. The van der Waals surface area contributed by atoms with Gasteiger partial charge in [-0.25, -0.2) is 0 Å². The molecule has 0 heterocycles. The maximum Gasteiger partial charge on any atom is 0.273 e. The van der Waals surface area contributed by atoms with E-state index in [9.17, 15) is 10.1 Å². The molecule has 0 aliphatic carbocycles. The zero-order valence-corrected chi connectivity index (χ0v) is 12.1. The number of para-hydroxylation sites is 2. The summed E-state index contributed by atoms with van der Waals surface area (Å²) in [5.41, 5.74) is 1.69. The molecule has 0 unspecified atom stereocenters. The predicted octanol–water partition coefficient (Wildman–Crippen LogP) is 2.26. The van der Waals surface area contributed by atoms with Gasteiger partial charge in [0.2, 0.25) is 0 Å². The van der Waals surface area contributed by atoms with Gasteiger partial charge in [-0.1, -0.05) is 36.4 Å². The van der Waals surface area contributed by atoms with Gasteiger partial charge in [-0.15, -0.1) is 0 Å². The number of aliphatic hydroxyl groups is 1. The summed E-state index contributed by atoms with van der Waals surface area (Å²) in [4.78, 5) is 10.6. The van der Waals surface area contributed by atoms with E-state index in [1.54, 1.807) is 18.2 Å². The molecule has 6 heteroatoms. The van der Waals surface area contributed by atoms with Crippen LogP contribution in [0.4, 0.5) is 5.69 Å². The fraction of sp³-hybridized carbons (Fsp3) is 0.250. The highest BCUT2D eigenvalue weighted by molar-refractivity contribution is 5.40. The highest BCUT2D eigenvalue weighted by Gasteiger charge is 2.11. The van der Waals surface area contributed by atoms with Crippen molar-refractivity contribution in [1.82, 2.24) is 5.32 Å². The largest absolute Gasteiger partial charge is 0.491 e. The third-order valence-corrected chi connectivity index (χ3v) is 3.14. The number of nitro benzene ring substituents is 1. The molecule has 2 N–H and O–H groups in total. The molecule has 0 aliphatic rings. The minimum Gasteiger partial charge on any atom is -0.491 e. The first kappa shape index (κ1) is 15.9. The number of benzene rings is 2. The third kappa shape index (κ3) is 4.28. The Balaban J connectivity index is 1.98. The van der Waals surface area contributed by atoms with E-state index in [0.29, 0.717) is 24.4 Å². The van der Waals surface area contributed by atoms with Gasteiger partial charge in [-0.05, 0) is 6.07 Å². The van der Waals surface area contributed by atoms with Gasteiger partial charge in [0.25, 0.3) is 5.69 Å². The lowest BCUT2D eigenvalue weighted by Gasteiger charge is -2.11. The molecule has 0 spiro atoms. The van der Waals surface area contributed by atoms with E-state index in [1.807, 2.05) is 24.3 Å². The fourth-order valence-electron chi connectivity index (χ4n) is 2.12. The van der Waals surface area contributed by atoms with Crippen molar-refractivity contribution in [2.45, 2.75) is 13.1 Å². The Bertz CT molecular complexity index is 631. The first-order valence-corrected chi connectivity index (χ1v) is 6.97. The van der Waals surface area contributed by atoms with Crippen molar-refractivity contribution in [1.29, 1.82) is 0 Å². The molecule has 6 nitrogen and oxygen atoms in total. The Morgan fingerprint density at radius 3 is 2.41 bits per heavy atom. The van der Waals surface area contributed by atoms with E-state index in [1.165, 1.54) is 6.07 Å². The lowest BCUT2D eigenvalue weighted by Crippen LogP contribution is -2.15. The Kier molecular flexibility index (Phi) is 5.88. The number of aliphatic hydroxyl groups excluding tert-OH is 1. The number of ether oxygens (including phenoxy) is 1. The molecule has 2 rings (SSSR count). The van der Waals surface area contributed by atoms with Crippen molar-refractivity contribution < 1.29 is 14.8 Å². The number of rotatable bonds is 8. The van der Waals surface area contributed by atoms with Crippen molar-refractivity contribution in [2.75, 3.05) is 13.2 Å². The Hall–Kier alpha value is -2.44. The molecule has 0 radical (unpaired) electrons. The Morgan fingerprint density at radius 1 is 1.05 bits per heavy atom. The lowest BCUT2D eigenvalue weighted by molar-refractivity contribution is -0.385. The summed E-state index contributed by atoms with van der Waals surface area (Å²) in [5, 5.41) is 23.0. The zero-order chi connectivity index (χ0) is 15.8. The fourth-order valence-corrected chi connectivity index (χ4v) is 2.12. The molecule has 2 aromatic rings. The summed E-state index contributed by atoms with van der Waals surface area (Å²) in [6, 6.07) is 14.2. The van der Waals surface area contributed by atoms with Crippen LogP contribution in [0.15, 0.2) is 48.5 Å². The van der Waals surface area contributed by atoms with Gasteiger partial charge >= 0.3 is 0 Å². The van der Waals surface area contributed by atoms with Crippen LogP contribution in [0.3, 0.4) is 0 Å².